The molecule has 1 saturated carbocycles. The quantitative estimate of drug-likeness (QED) is 0.640. The Morgan fingerprint density at radius 3 is 2.59 bits per heavy atom. The molecule has 0 radical (unpaired) electrons. The van der Waals surface area contributed by atoms with Crippen LogP contribution in [0.25, 0.3) is 0 Å². The van der Waals surface area contributed by atoms with E-state index >= 15 is 0 Å². The Morgan fingerprint density at radius 1 is 1.00 bits per heavy atom. The van der Waals surface area contributed by atoms with Gasteiger partial charge in [-0.3, -0.25) is 0 Å². The van der Waals surface area contributed by atoms with E-state index in [-0.39, 0.29) is 12.4 Å². The predicted molar refractivity (Wildman–Crippen MR) is 113 cm³/mol. The van der Waals surface area contributed by atoms with Crippen molar-refractivity contribution in [2.75, 3.05) is 13.6 Å². The second kappa shape index (κ2) is 7.14. The van der Waals surface area contributed by atoms with Crippen LogP contribution in [-0.2, 0) is 11.8 Å². The van der Waals surface area contributed by atoms with Crippen molar-refractivity contribution in [1.82, 2.24) is 4.90 Å². The molecule has 2 fully saturated rings. The number of likely N-dealkylation sites (N-methyl/N-ethyl adjacent to an activating group) is 1. The first-order chi connectivity index (χ1) is 12.7. The van der Waals surface area contributed by atoms with Crippen LogP contribution < -0.4 is 4.74 Å². The number of likely N-dealkylation sites (tertiary alicyclic amines) is 1. The Kier molecular flexibility index (Phi) is 4.98. The summed E-state index contributed by atoms with van der Waals surface area (Å²) in [5.74, 6) is 2.77. The number of hydrogen-bond donors (Lipinski definition) is 0. The Bertz CT molecular complexity index is 818. The molecule has 2 aliphatic carbocycles. The van der Waals surface area contributed by atoms with Crippen molar-refractivity contribution >= 4 is 12.4 Å². The molecule has 1 aliphatic heterocycles. The van der Waals surface area contributed by atoms with E-state index in [0.29, 0.717) is 5.41 Å². The first kappa shape index (κ1) is 18.8. The van der Waals surface area contributed by atoms with E-state index in [1.165, 1.54) is 50.6 Å². The van der Waals surface area contributed by atoms with Crippen LogP contribution in [0.15, 0.2) is 42.5 Å². The number of benzene rings is 2. The molecule has 0 unspecified atom stereocenters. The van der Waals surface area contributed by atoms with Crippen LogP contribution in [0.3, 0.4) is 0 Å². The van der Waals surface area contributed by atoms with E-state index in [2.05, 4.69) is 61.3 Å². The van der Waals surface area contributed by atoms with E-state index < -0.39 is 0 Å². The molecule has 3 atom stereocenters. The van der Waals surface area contributed by atoms with Crippen LogP contribution in [-0.4, -0.2) is 24.5 Å². The number of piperidine rings is 1. The van der Waals surface area contributed by atoms with Gasteiger partial charge in [0.1, 0.15) is 11.5 Å². The molecule has 2 nitrogen and oxygen atoms in total. The van der Waals surface area contributed by atoms with Gasteiger partial charge in [0.25, 0.3) is 0 Å². The van der Waals surface area contributed by atoms with Crippen LogP contribution in [0.4, 0.5) is 0 Å². The zero-order chi connectivity index (χ0) is 17.7. The van der Waals surface area contributed by atoms with Gasteiger partial charge < -0.3 is 9.64 Å². The molecule has 0 N–H and O–H groups in total. The smallest absolute Gasteiger partial charge is 0.127 e. The Hall–Kier alpha value is -1.51. The van der Waals surface area contributed by atoms with Gasteiger partial charge >= 0.3 is 0 Å². The fourth-order valence-electron chi connectivity index (χ4n) is 5.98. The third-order valence-corrected chi connectivity index (χ3v) is 7.34. The zero-order valence-corrected chi connectivity index (χ0v) is 17.2. The van der Waals surface area contributed by atoms with Crippen molar-refractivity contribution in [3.05, 3.63) is 59.2 Å². The summed E-state index contributed by atoms with van der Waals surface area (Å²) >= 11 is 0. The number of ether oxygens (including phenoxy) is 1. The lowest BCUT2D eigenvalue weighted by atomic mass is 9.52. The molecule has 3 aliphatic rings. The van der Waals surface area contributed by atoms with Crippen molar-refractivity contribution < 1.29 is 4.74 Å². The van der Waals surface area contributed by atoms with Crippen LogP contribution in [0.1, 0.15) is 48.8 Å². The van der Waals surface area contributed by atoms with Gasteiger partial charge in [-0.15, -0.1) is 12.4 Å². The molecular weight excluding hydrogens is 354 g/mol. The SMILES string of the molecule is Cc1ccc(Oc2ccc3c(c2)[C@@]24CCCC[C@H]2[C@@H](C3)N(C)CC4)cc1.Cl. The monoisotopic (exact) mass is 383 g/mol. The Labute approximate surface area is 169 Å². The maximum atomic E-state index is 6.22. The van der Waals surface area contributed by atoms with Gasteiger partial charge in [0.15, 0.2) is 0 Å². The summed E-state index contributed by atoms with van der Waals surface area (Å²) in [5, 5.41) is 0. The number of hydrogen-bond acceptors (Lipinski definition) is 2. The van der Waals surface area contributed by atoms with Gasteiger partial charge in [0, 0.05) is 11.5 Å². The van der Waals surface area contributed by atoms with Crippen LogP contribution in [0, 0.1) is 12.8 Å². The summed E-state index contributed by atoms with van der Waals surface area (Å²) in [7, 11) is 2.34. The number of rotatable bonds is 2. The normalized spacial score (nSPS) is 29.3. The fourth-order valence-corrected chi connectivity index (χ4v) is 5.98. The average Bonchev–Trinajstić information content (AvgIpc) is 2.67. The Morgan fingerprint density at radius 2 is 1.78 bits per heavy atom. The molecule has 5 rings (SSSR count). The van der Waals surface area contributed by atoms with Gasteiger partial charge in [0.05, 0.1) is 0 Å². The van der Waals surface area contributed by atoms with Crippen molar-refractivity contribution in [3.8, 4) is 11.5 Å². The third kappa shape index (κ3) is 3.07. The predicted octanol–water partition coefficient (Wildman–Crippen LogP) is 5.90. The molecule has 144 valence electrons. The minimum Gasteiger partial charge on any atom is -0.457 e. The molecular formula is C24H30ClNO. The molecule has 0 amide bonds. The largest absolute Gasteiger partial charge is 0.457 e. The summed E-state index contributed by atoms with van der Waals surface area (Å²) in [6, 6.07) is 16.0. The number of nitrogens with zero attached hydrogens (tertiary/aromatic N) is 1. The lowest BCUT2D eigenvalue weighted by molar-refractivity contribution is 0.00276. The summed E-state index contributed by atoms with van der Waals surface area (Å²) in [5.41, 5.74) is 4.84. The molecule has 0 spiro atoms. The third-order valence-electron chi connectivity index (χ3n) is 7.34. The lowest BCUT2D eigenvalue weighted by Gasteiger charge is -2.58. The van der Waals surface area contributed by atoms with Gasteiger partial charge in [0.2, 0.25) is 0 Å². The van der Waals surface area contributed by atoms with Gasteiger partial charge in [-0.1, -0.05) is 36.6 Å². The highest BCUT2D eigenvalue weighted by Gasteiger charge is 2.53. The summed E-state index contributed by atoms with van der Waals surface area (Å²) in [4.78, 5) is 2.63. The van der Waals surface area contributed by atoms with Gasteiger partial charge in [-0.05, 0) is 87.5 Å². The molecule has 3 heteroatoms. The summed E-state index contributed by atoms with van der Waals surface area (Å²) < 4.78 is 6.22. The van der Waals surface area contributed by atoms with Crippen LogP contribution in [0.2, 0.25) is 0 Å². The number of aryl methyl sites for hydroxylation is 1. The van der Waals surface area contributed by atoms with Crippen molar-refractivity contribution in [3.63, 3.8) is 0 Å². The number of fused-ring (bicyclic) bond motifs is 1. The standard InChI is InChI=1S/C24H29NO.ClH/c1-17-6-9-19(10-7-17)26-20-11-8-18-15-23-21-5-3-4-12-24(21,22(18)16-20)13-14-25(23)2;/h6-11,16,21,23H,3-5,12-15H2,1-2H3;1H/t21-,23+,24+;/m0./s1. The van der Waals surface area contributed by atoms with E-state index in [9.17, 15) is 0 Å². The van der Waals surface area contributed by atoms with E-state index in [4.69, 9.17) is 4.74 Å². The maximum absolute atomic E-state index is 6.22. The average molecular weight is 384 g/mol. The first-order valence-corrected chi connectivity index (χ1v) is 10.2. The molecule has 2 bridgehead atoms. The second-order valence-electron chi connectivity index (χ2n) is 8.74. The minimum absolute atomic E-state index is 0. The lowest BCUT2D eigenvalue weighted by Crippen LogP contribution is -2.59. The van der Waals surface area contributed by atoms with E-state index in [1.807, 2.05) is 0 Å². The molecule has 0 aromatic heterocycles. The summed E-state index contributed by atoms with van der Waals surface area (Å²) in [6.07, 6.45) is 8.08. The molecule has 1 saturated heterocycles. The second-order valence-corrected chi connectivity index (χ2v) is 8.74. The molecule has 1 heterocycles. The first-order valence-electron chi connectivity index (χ1n) is 10.2. The van der Waals surface area contributed by atoms with Crippen LogP contribution in [0.5, 0.6) is 11.5 Å². The highest BCUT2D eigenvalue weighted by molar-refractivity contribution is 5.85. The van der Waals surface area contributed by atoms with Crippen molar-refractivity contribution in [2.24, 2.45) is 5.92 Å². The molecule has 27 heavy (non-hydrogen) atoms. The van der Waals surface area contributed by atoms with Crippen molar-refractivity contribution in [2.45, 2.75) is 56.9 Å². The van der Waals surface area contributed by atoms with Crippen molar-refractivity contribution in [1.29, 1.82) is 0 Å². The Balaban J connectivity index is 0.00000180. The molecule has 2 aromatic rings. The van der Waals surface area contributed by atoms with Crippen LogP contribution >= 0.6 is 12.4 Å². The minimum atomic E-state index is 0. The summed E-state index contributed by atoms with van der Waals surface area (Å²) in [6.45, 7) is 3.35. The molecule has 2 aromatic carbocycles. The van der Waals surface area contributed by atoms with E-state index in [1.54, 1.807) is 11.1 Å². The van der Waals surface area contributed by atoms with Gasteiger partial charge in [-0.2, -0.15) is 0 Å². The van der Waals surface area contributed by atoms with Gasteiger partial charge in [-0.25, -0.2) is 0 Å². The zero-order valence-electron chi connectivity index (χ0n) is 16.4. The fraction of sp³-hybridized carbons (Fsp3) is 0.500. The maximum Gasteiger partial charge on any atom is 0.127 e. The van der Waals surface area contributed by atoms with E-state index in [0.717, 1.165) is 23.5 Å². The number of halogens is 1. The highest BCUT2D eigenvalue weighted by atomic mass is 35.5. The topological polar surface area (TPSA) is 12.5 Å². The highest BCUT2D eigenvalue weighted by Crippen LogP contribution is 2.56.